The number of nitrogens with zero attached hydrogens (tertiary/aromatic N) is 3. The number of thiazole rings is 1. The molecule has 7 nitrogen and oxygen atoms in total. The van der Waals surface area contributed by atoms with E-state index in [1.165, 1.54) is 6.07 Å². The molecule has 2 aliphatic heterocycles. The van der Waals surface area contributed by atoms with E-state index in [0.29, 0.717) is 18.9 Å². The van der Waals surface area contributed by atoms with Crippen LogP contribution in [0.1, 0.15) is 0 Å². The summed E-state index contributed by atoms with van der Waals surface area (Å²) in [5.41, 5.74) is 4.75. The summed E-state index contributed by atoms with van der Waals surface area (Å²) >= 11 is 3.69. The van der Waals surface area contributed by atoms with Crippen LogP contribution in [0.2, 0.25) is 0 Å². The Balaban J connectivity index is 1.25. The number of hydrogen-bond acceptors (Lipinski definition) is 7. The standard InChI is InChI=1S/C28H27F2N5O2S2/c29-20-3-6-23(22(30)17-20)32-27(36)31-21-4-1-18(2-5-21)19-15-24(34-9-13-38-14-10-34)26-25(16-19)39-28(33-26)35-7-11-37-12-8-35/h1-6,15-17H,7-14H2,(H2,31,32,36). The lowest BCUT2D eigenvalue weighted by atomic mass is 10.0. The summed E-state index contributed by atoms with van der Waals surface area (Å²) in [4.78, 5) is 22.2. The van der Waals surface area contributed by atoms with E-state index in [4.69, 9.17) is 9.72 Å². The Bertz CT molecular complexity index is 1490. The molecule has 2 N–H and O–H groups in total. The molecule has 0 saturated carbocycles. The number of benzene rings is 3. The molecule has 202 valence electrons. The number of morpholine rings is 1. The summed E-state index contributed by atoms with van der Waals surface area (Å²) in [6.45, 7) is 5.10. The Morgan fingerprint density at radius 1 is 0.872 bits per heavy atom. The number of halogens is 2. The van der Waals surface area contributed by atoms with Crippen LogP contribution in [0.15, 0.2) is 54.6 Å². The second kappa shape index (κ2) is 11.4. The molecule has 2 aliphatic rings. The fourth-order valence-electron chi connectivity index (χ4n) is 4.72. The van der Waals surface area contributed by atoms with Crippen molar-refractivity contribution in [3.05, 3.63) is 66.2 Å². The predicted molar refractivity (Wildman–Crippen MR) is 157 cm³/mol. The summed E-state index contributed by atoms with van der Waals surface area (Å²) in [6, 6.07) is 14.3. The van der Waals surface area contributed by atoms with Crippen LogP contribution in [0.25, 0.3) is 21.3 Å². The molecule has 0 unspecified atom stereocenters. The molecule has 3 heterocycles. The Morgan fingerprint density at radius 2 is 1.64 bits per heavy atom. The maximum absolute atomic E-state index is 13.9. The third-order valence-corrected chi connectivity index (χ3v) is 8.76. The minimum atomic E-state index is -0.834. The zero-order valence-electron chi connectivity index (χ0n) is 21.1. The first-order valence-corrected chi connectivity index (χ1v) is 14.7. The number of fused-ring (bicyclic) bond motifs is 1. The van der Waals surface area contributed by atoms with Crippen LogP contribution in [0, 0.1) is 11.6 Å². The molecule has 0 spiro atoms. The highest BCUT2D eigenvalue weighted by Gasteiger charge is 2.21. The fraction of sp³-hybridized carbons (Fsp3) is 0.286. The van der Waals surface area contributed by atoms with Gasteiger partial charge < -0.3 is 25.2 Å². The number of carbonyl (C=O) groups is 1. The highest BCUT2D eigenvalue weighted by molar-refractivity contribution is 7.99. The average molecular weight is 568 g/mol. The first-order chi connectivity index (χ1) is 19.0. The lowest BCUT2D eigenvalue weighted by Gasteiger charge is -2.29. The molecule has 4 aromatic rings. The molecule has 0 atom stereocenters. The molecule has 6 rings (SSSR count). The summed E-state index contributed by atoms with van der Waals surface area (Å²) in [7, 11) is 0. The average Bonchev–Trinajstić information content (AvgIpc) is 3.40. The van der Waals surface area contributed by atoms with E-state index < -0.39 is 17.7 Å². The number of amides is 2. The number of hydrogen-bond donors (Lipinski definition) is 2. The monoisotopic (exact) mass is 567 g/mol. The van der Waals surface area contributed by atoms with Crippen LogP contribution in [0.3, 0.4) is 0 Å². The first-order valence-electron chi connectivity index (χ1n) is 12.8. The van der Waals surface area contributed by atoms with Crippen LogP contribution < -0.4 is 20.4 Å². The molecular weight excluding hydrogens is 540 g/mol. The van der Waals surface area contributed by atoms with Crippen molar-refractivity contribution >= 4 is 61.5 Å². The van der Waals surface area contributed by atoms with Crippen molar-refractivity contribution in [3.8, 4) is 11.1 Å². The Labute approximate surface area is 233 Å². The highest BCUT2D eigenvalue weighted by Crippen LogP contribution is 2.39. The van der Waals surface area contributed by atoms with Gasteiger partial charge >= 0.3 is 6.03 Å². The Kier molecular flexibility index (Phi) is 7.53. The van der Waals surface area contributed by atoms with Crippen molar-refractivity contribution in [2.75, 3.05) is 71.3 Å². The minimum absolute atomic E-state index is 0.0940. The third-order valence-electron chi connectivity index (χ3n) is 6.75. The second-order valence-corrected chi connectivity index (χ2v) is 11.6. The fourth-order valence-corrected chi connectivity index (χ4v) is 6.70. The Morgan fingerprint density at radius 3 is 2.38 bits per heavy atom. The van der Waals surface area contributed by atoms with Gasteiger partial charge in [0.25, 0.3) is 0 Å². The summed E-state index contributed by atoms with van der Waals surface area (Å²) in [6.07, 6.45) is 0. The molecule has 0 bridgehead atoms. The number of ether oxygens (including phenoxy) is 1. The number of anilines is 4. The number of thioether (sulfide) groups is 1. The second-order valence-electron chi connectivity index (χ2n) is 9.32. The van der Waals surface area contributed by atoms with Gasteiger partial charge in [0.1, 0.15) is 17.2 Å². The van der Waals surface area contributed by atoms with Crippen molar-refractivity contribution in [3.63, 3.8) is 0 Å². The zero-order valence-corrected chi connectivity index (χ0v) is 22.7. The molecule has 2 saturated heterocycles. The first kappa shape index (κ1) is 25.8. The molecule has 1 aromatic heterocycles. The van der Waals surface area contributed by atoms with Crippen LogP contribution in [-0.2, 0) is 4.74 Å². The van der Waals surface area contributed by atoms with E-state index in [1.54, 1.807) is 11.3 Å². The normalized spacial score (nSPS) is 15.9. The number of aromatic nitrogens is 1. The van der Waals surface area contributed by atoms with Gasteiger partial charge in [-0.15, -0.1) is 0 Å². The zero-order chi connectivity index (χ0) is 26.8. The van der Waals surface area contributed by atoms with Crippen molar-refractivity contribution in [1.29, 1.82) is 0 Å². The van der Waals surface area contributed by atoms with E-state index in [9.17, 15) is 13.6 Å². The van der Waals surface area contributed by atoms with Gasteiger partial charge in [0.05, 0.1) is 29.3 Å². The van der Waals surface area contributed by atoms with Gasteiger partial charge in [-0.05, 0) is 47.5 Å². The van der Waals surface area contributed by atoms with E-state index in [2.05, 4.69) is 32.6 Å². The van der Waals surface area contributed by atoms with Crippen LogP contribution >= 0.6 is 23.1 Å². The lowest BCUT2D eigenvalue weighted by molar-refractivity contribution is 0.122. The summed E-state index contributed by atoms with van der Waals surface area (Å²) in [5.74, 6) is 0.649. The van der Waals surface area contributed by atoms with Gasteiger partial charge in [0.15, 0.2) is 5.13 Å². The van der Waals surface area contributed by atoms with E-state index in [0.717, 1.165) is 82.0 Å². The topological polar surface area (TPSA) is 69.7 Å². The van der Waals surface area contributed by atoms with E-state index in [1.807, 2.05) is 36.0 Å². The van der Waals surface area contributed by atoms with E-state index >= 15 is 0 Å². The van der Waals surface area contributed by atoms with Gasteiger partial charge in [0, 0.05) is 49.4 Å². The van der Waals surface area contributed by atoms with Gasteiger partial charge in [-0.3, -0.25) is 0 Å². The van der Waals surface area contributed by atoms with Gasteiger partial charge in [-0.1, -0.05) is 23.5 Å². The van der Waals surface area contributed by atoms with Crippen molar-refractivity contribution in [2.45, 2.75) is 0 Å². The maximum atomic E-state index is 13.9. The lowest BCUT2D eigenvalue weighted by Crippen LogP contribution is -2.36. The van der Waals surface area contributed by atoms with Gasteiger partial charge in [-0.25, -0.2) is 18.6 Å². The van der Waals surface area contributed by atoms with Crippen molar-refractivity contribution in [1.82, 2.24) is 4.98 Å². The molecular formula is C28H27F2N5O2S2. The van der Waals surface area contributed by atoms with Crippen molar-refractivity contribution in [2.24, 2.45) is 0 Å². The molecule has 2 amide bonds. The Hall–Kier alpha value is -3.41. The van der Waals surface area contributed by atoms with Gasteiger partial charge in [-0.2, -0.15) is 11.8 Å². The highest BCUT2D eigenvalue weighted by atomic mass is 32.2. The summed E-state index contributed by atoms with van der Waals surface area (Å²) in [5, 5.41) is 6.14. The SMILES string of the molecule is O=C(Nc1ccc(-c2cc(N3CCSCC3)c3nc(N4CCOCC4)sc3c2)cc1)Nc1ccc(F)cc1F. The number of nitrogens with one attached hydrogen (secondary N) is 2. The minimum Gasteiger partial charge on any atom is -0.378 e. The number of rotatable bonds is 5. The van der Waals surface area contributed by atoms with Crippen LogP contribution in [0.5, 0.6) is 0 Å². The molecule has 3 aromatic carbocycles. The third kappa shape index (κ3) is 5.80. The summed E-state index contributed by atoms with van der Waals surface area (Å²) < 4.78 is 33.7. The maximum Gasteiger partial charge on any atom is 0.323 e. The van der Waals surface area contributed by atoms with Crippen LogP contribution in [0.4, 0.5) is 35.8 Å². The van der Waals surface area contributed by atoms with Crippen LogP contribution in [-0.4, -0.2) is 61.9 Å². The predicted octanol–water partition coefficient (Wildman–Crippen LogP) is 6.28. The van der Waals surface area contributed by atoms with Crippen molar-refractivity contribution < 1.29 is 18.3 Å². The van der Waals surface area contributed by atoms with E-state index in [-0.39, 0.29) is 5.69 Å². The number of carbonyl (C=O) groups excluding carboxylic acids is 1. The largest absolute Gasteiger partial charge is 0.378 e. The number of urea groups is 1. The quantitative estimate of drug-likeness (QED) is 0.296. The smallest absolute Gasteiger partial charge is 0.323 e. The molecule has 0 aliphatic carbocycles. The molecule has 2 fully saturated rings. The van der Waals surface area contributed by atoms with Gasteiger partial charge in [0.2, 0.25) is 0 Å². The molecule has 39 heavy (non-hydrogen) atoms. The molecule has 11 heteroatoms. The molecule has 0 radical (unpaired) electrons.